The van der Waals surface area contributed by atoms with E-state index in [1.807, 2.05) is 18.2 Å². The van der Waals surface area contributed by atoms with Crippen LogP contribution in [-0.2, 0) is 11.2 Å². The van der Waals surface area contributed by atoms with Crippen LogP contribution in [0.4, 0.5) is 5.82 Å². The lowest BCUT2D eigenvalue weighted by Gasteiger charge is -2.35. The topological polar surface area (TPSA) is 83.9 Å². The van der Waals surface area contributed by atoms with Crippen LogP contribution in [0.3, 0.4) is 0 Å². The van der Waals surface area contributed by atoms with E-state index in [4.69, 9.17) is 4.98 Å². The number of carbonyl (C=O) groups excluding carboxylic acids is 1. The molecule has 0 bridgehead atoms. The third-order valence-corrected chi connectivity index (χ3v) is 6.54. The molecule has 32 heavy (non-hydrogen) atoms. The summed E-state index contributed by atoms with van der Waals surface area (Å²) in [4.78, 5) is 32.9. The maximum Gasteiger partial charge on any atom is 0.145 e. The summed E-state index contributed by atoms with van der Waals surface area (Å²) >= 11 is 0. The van der Waals surface area contributed by atoms with E-state index in [0.29, 0.717) is 24.3 Å². The van der Waals surface area contributed by atoms with Crippen molar-refractivity contribution in [3.05, 3.63) is 42.6 Å². The molecule has 7 heteroatoms. The maximum atomic E-state index is 12.1. The van der Waals surface area contributed by atoms with E-state index in [0.717, 1.165) is 66.8 Å². The van der Waals surface area contributed by atoms with Crippen molar-refractivity contribution in [2.75, 3.05) is 18.4 Å². The molecule has 0 spiro atoms. The van der Waals surface area contributed by atoms with E-state index >= 15 is 0 Å². The van der Waals surface area contributed by atoms with E-state index in [2.05, 4.69) is 39.0 Å². The van der Waals surface area contributed by atoms with Gasteiger partial charge in [-0.3, -0.25) is 9.78 Å². The molecular weight excluding hydrogens is 400 g/mol. The summed E-state index contributed by atoms with van der Waals surface area (Å²) < 4.78 is 0. The van der Waals surface area contributed by atoms with Crippen molar-refractivity contribution in [3.63, 3.8) is 0 Å². The van der Waals surface area contributed by atoms with Crippen LogP contribution >= 0.6 is 0 Å². The van der Waals surface area contributed by atoms with Crippen molar-refractivity contribution in [2.45, 2.75) is 58.0 Å². The standard InChI is InChI=1S/C25H30N6O/c1-16(2)31-9-7-20(8-10-31)28-25-15-26-14-22(30-25)18-5-6-19-13-27-24(29-21(19)11-18)12-23(32)17-3-4-17/h5-6,11,13-17,20H,3-4,7-10,12H2,1-2H3,(H,28,30). The highest BCUT2D eigenvalue weighted by atomic mass is 16.1. The number of hydrogen-bond acceptors (Lipinski definition) is 7. The zero-order chi connectivity index (χ0) is 22.1. The number of ketones is 1. The number of benzene rings is 1. The number of piperidine rings is 1. The minimum Gasteiger partial charge on any atom is -0.366 e. The van der Waals surface area contributed by atoms with E-state index < -0.39 is 0 Å². The number of hydrogen-bond donors (Lipinski definition) is 1. The Bertz CT molecular complexity index is 1120. The Balaban J connectivity index is 1.31. The monoisotopic (exact) mass is 430 g/mol. The Morgan fingerprint density at radius 1 is 1.09 bits per heavy atom. The van der Waals surface area contributed by atoms with Crippen LogP contribution in [0.15, 0.2) is 36.8 Å². The minimum atomic E-state index is 0.226. The molecule has 7 nitrogen and oxygen atoms in total. The fraction of sp³-hybridized carbons (Fsp3) is 0.480. The van der Waals surface area contributed by atoms with Crippen molar-refractivity contribution in [2.24, 2.45) is 5.92 Å². The Morgan fingerprint density at radius 3 is 2.66 bits per heavy atom. The molecule has 0 amide bonds. The zero-order valence-electron chi connectivity index (χ0n) is 18.8. The van der Waals surface area contributed by atoms with Gasteiger partial charge in [-0.2, -0.15) is 0 Å². The van der Waals surface area contributed by atoms with Crippen LogP contribution in [0, 0.1) is 5.92 Å². The third kappa shape index (κ3) is 4.78. The van der Waals surface area contributed by atoms with Gasteiger partial charge in [0, 0.05) is 48.2 Å². The molecule has 2 aromatic heterocycles. The lowest BCUT2D eigenvalue weighted by atomic mass is 10.0. The van der Waals surface area contributed by atoms with Gasteiger partial charge in [0.2, 0.25) is 0 Å². The number of anilines is 1. The second-order valence-corrected chi connectivity index (χ2v) is 9.32. The van der Waals surface area contributed by atoms with Gasteiger partial charge in [0.1, 0.15) is 17.4 Å². The molecule has 0 radical (unpaired) electrons. The first-order chi connectivity index (χ1) is 15.5. The average Bonchev–Trinajstić information content (AvgIpc) is 3.65. The van der Waals surface area contributed by atoms with Crippen LogP contribution in [0.1, 0.15) is 45.4 Å². The molecule has 1 saturated carbocycles. The quantitative estimate of drug-likeness (QED) is 0.609. The van der Waals surface area contributed by atoms with Gasteiger partial charge in [-0.25, -0.2) is 15.0 Å². The van der Waals surface area contributed by atoms with Crippen molar-refractivity contribution in [1.82, 2.24) is 24.8 Å². The van der Waals surface area contributed by atoms with Crippen LogP contribution < -0.4 is 5.32 Å². The van der Waals surface area contributed by atoms with E-state index in [1.54, 1.807) is 18.6 Å². The molecule has 1 aliphatic heterocycles. The highest BCUT2D eigenvalue weighted by molar-refractivity contribution is 5.86. The molecule has 1 N–H and O–H groups in total. The van der Waals surface area contributed by atoms with Crippen molar-refractivity contribution in [3.8, 4) is 11.3 Å². The summed E-state index contributed by atoms with van der Waals surface area (Å²) in [6.45, 7) is 6.73. The van der Waals surface area contributed by atoms with Gasteiger partial charge in [0.15, 0.2) is 0 Å². The fourth-order valence-corrected chi connectivity index (χ4v) is 4.36. The lowest BCUT2D eigenvalue weighted by Crippen LogP contribution is -2.42. The van der Waals surface area contributed by atoms with Crippen molar-refractivity contribution in [1.29, 1.82) is 0 Å². The summed E-state index contributed by atoms with van der Waals surface area (Å²) in [5, 5.41) is 4.53. The Kier molecular flexibility index (Phi) is 5.83. The molecule has 1 aliphatic carbocycles. The fourth-order valence-electron chi connectivity index (χ4n) is 4.36. The third-order valence-electron chi connectivity index (χ3n) is 6.54. The van der Waals surface area contributed by atoms with Crippen LogP contribution in [0.25, 0.3) is 22.2 Å². The number of rotatable bonds is 7. The maximum absolute atomic E-state index is 12.1. The van der Waals surface area contributed by atoms with Gasteiger partial charge in [-0.1, -0.05) is 12.1 Å². The number of likely N-dealkylation sites (tertiary alicyclic amines) is 1. The second-order valence-electron chi connectivity index (χ2n) is 9.32. The summed E-state index contributed by atoms with van der Waals surface area (Å²) in [6, 6.07) is 7.06. The van der Waals surface area contributed by atoms with E-state index in [1.165, 1.54) is 0 Å². The van der Waals surface area contributed by atoms with Crippen LogP contribution in [0.5, 0.6) is 0 Å². The summed E-state index contributed by atoms with van der Waals surface area (Å²) in [5.74, 6) is 1.89. The number of aromatic nitrogens is 4. The number of Topliss-reactive ketones (excluding diaryl/α,β-unsaturated/α-hetero) is 1. The normalized spacial score (nSPS) is 17.7. The zero-order valence-corrected chi connectivity index (χ0v) is 18.8. The molecule has 1 saturated heterocycles. The van der Waals surface area contributed by atoms with Gasteiger partial charge in [0.25, 0.3) is 0 Å². The van der Waals surface area contributed by atoms with Gasteiger partial charge in [-0.15, -0.1) is 0 Å². The molecule has 3 heterocycles. The molecule has 0 atom stereocenters. The first kappa shape index (κ1) is 20.9. The average molecular weight is 431 g/mol. The minimum absolute atomic E-state index is 0.226. The van der Waals surface area contributed by atoms with Gasteiger partial charge in [0.05, 0.1) is 30.0 Å². The lowest BCUT2D eigenvalue weighted by molar-refractivity contribution is -0.119. The molecule has 0 unspecified atom stereocenters. The van der Waals surface area contributed by atoms with Crippen molar-refractivity contribution < 1.29 is 4.79 Å². The second kappa shape index (κ2) is 8.90. The number of nitrogens with zero attached hydrogens (tertiary/aromatic N) is 5. The highest BCUT2D eigenvalue weighted by Gasteiger charge is 2.29. The molecular formula is C25H30N6O. The van der Waals surface area contributed by atoms with E-state index in [9.17, 15) is 4.79 Å². The molecule has 5 rings (SSSR count). The first-order valence-electron chi connectivity index (χ1n) is 11.7. The Morgan fingerprint density at radius 2 is 1.91 bits per heavy atom. The predicted molar refractivity (Wildman–Crippen MR) is 125 cm³/mol. The molecule has 3 aromatic rings. The summed E-state index contributed by atoms with van der Waals surface area (Å²) in [5.41, 5.74) is 2.60. The Hall–Kier alpha value is -2.93. The largest absolute Gasteiger partial charge is 0.366 e. The van der Waals surface area contributed by atoms with Gasteiger partial charge in [-0.05, 0) is 45.6 Å². The van der Waals surface area contributed by atoms with Crippen molar-refractivity contribution >= 4 is 22.5 Å². The van der Waals surface area contributed by atoms with Crippen LogP contribution in [-0.4, -0.2) is 55.8 Å². The van der Waals surface area contributed by atoms with Crippen LogP contribution in [0.2, 0.25) is 0 Å². The first-order valence-corrected chi connectivity index (χ1v) is 11.7. The summed E-state index contributed by atoms with van der Waals surface area (Å²) in [6.07, 6.45) is 9.94. The summed E-state index contributed by atoms with van der Waals surface area (Å²) in [7, 11) is 0. The van der Waals surface area contributed by atoms with E-state index in [-0.39, 0.29) is 11.7 Å². The number of fused-ring (bicyclic) bond motifs is 1. The Labute approximate surface area is 188 Å². The van der Waals surface area contributed by atoms with Gasteiger partial charge >= 0.3 is 0 Å². The predicted octanol–water partition coefficient (Wildman–Crippen LogP) is 3.89. The van der Waals surface area contributed by atoms with Gasteiger partial charge < -0.3 is 10.2 Å². The number of nitrogens with one attached hydrogen (secondary N) is 1. The SMILES string of the molecule is CC(C)N1CCC(Nc2cncc(-c3ccc4cnc(CC(=O)C5CC5)nc4c3)n2)CC1. The smallest absolute Gasteiger partial charge is 0.145 e. The molecule has 2 fully saturated rings. The number of carbonyl (C=O) groups is 1. The molecule has 166 valence electrons. The highest BCUT2D eigenvalue weighted by Crippen LogP contribution is 2.31. The molecule has 2 aliphatic rings. The molecule has 1 aromatic carbocycles.